The zero-order valence-corrected chi connectivity index (χ0v) is 4.05. The molecule has 0 rings (SSSR count). The second kappa shape index (κ2) is 2.58. The van der Waals surface area contributed by atoms with Crippen LogP contribution in [0.5, 0.6) is 0 Å². The zero-order valence-electron chi connectivity index (χ0n) is 4.05. The van der Waals surface area contributed by atoms with Gasteiger partial charge in [-0.3, -0.25) is 4.79 Å². The van der Waals surface area contributed by atoms with Crippen LogP contribution in [-0.2, 0) is 9.90 Å². The Kier molecular flexibility index (Phi) is 2.37. The molecule has 0 aromatic heterocycles. The van der Waals surface area contributed by atoms with E-state index in [1.54, 1.807) is 0 Å². The van der Waals surface area contributed by atoms with Gasteiger partial charge >= 0.3 is 5.97 Å². The van der Waals surface area contributed by atoms with Crippen molar-refractivity contribution in [3.8, 4) is 0 Å². The van der Waals surface area contributed by atoms with Gasteiger partial charge in [0, 0.05) is 0 Å². The first-order chi connectivity index (χ1) is 3.13. The van der Waals surface area contributed by atoms with E-state index in [-0.39, 0.29) is 6.42 Å². The van der Waals surface area contributed by atoms with Gasteiger partial charge in [-0.1, -0.05) is 0 Å². The summed E-state index contributed by atoms with van der Waals surface area (Å²) in [6, 6.07) is 0. The molecule has 0 aliphatic heterocycles. The molecule has 0 aromatic rings. The summed E-state index contributed by atoms with van der Waals surface area (Å²) < 4.78 is 0. The fourth-order valence-corrected chi connectivity index (χ4v) is 0.246. The Morgan fingerprint density at radius 3 is 2.29 bits per heavy atom. The van der Waals surface area contributed by atoms with E-state index >= 15 is 0 Å². The molecule has 1 radical (unpaired) electrons. The first-order valence-corrected chi connectivity index (χ1v) is 2.00. The molecule has 7 heavy (non-hydrogen) atoms. The molecule has 0 amide bonds. The molecule has 0 saturated carbocycles. The Balaban J connectivity index is 3.13. The lowest BCUT2D eigenvalue weighted by molar-refractivity contribution is -0.139. The van der Waals surface area contributed by atoms with Crippen LogP contribution in [0.4, 0.5) is 0 Å². The van der Waals surface area contributed by atoms with Crippen LogP contribution in [0.2, 0.25) is 0 Å². The summed E-state index contributed by atoms with van der Waals surface area (Å²) >= 11 is 0. The summed E-state index contributed by atoms with van der Waals surface area (Å²) in [4.78, 5) is 9.61. The Labute approximate surface area is 41.6 Å². The van der Waals surface area contributed by atoms with E-state index < -0.39 is 12.1 Å². The number of aliphatic carboxylic acids is 1. The molecule has 1 N–H and O–H groups in total. The largest absolute Gasteiger partial charge is 0.481 e. The van der Waals surface area contributed by atoms with Crippen molar-refractivity contribution in [1.82, 2.24) is 0 Å². The maximum absolute atomic E-state index is 9.96. The highest BCUT2D eigenvalue weighted by Crippen LogP contribution is 1.87. The summed E-state index contributed by atoms with van der Waals surface area (Å²) in [6.45, 7) is 1.33. The average Bonchev–Trinajstić information content (AvgIpc) is 1.27. The topological polar surface area (TPSA) is 57.2 Å². The summed E-state index contributed by atoms with van der Waals surface area (Å²) in [5.74, 6) is -1.03. The molecule has 0 saturated heterocycles. The van der Waals surface area contributed by atoms with Crippen LogP contribution >= 0.6 is 0 Å². The van der Waals surface area contributed by atoms with Gasteiger partial charge in [0.2, 0.25) is 0 Å². The molecule has 0 spiro atoms. The standard InChI is InChI=1S/C4H7O3/c1-3(5)2-4(6)7/h3H,2H2,1H3,(H,6,7). The predicted molar refractivity (Wildman–Crippen MR) is 22.4 cm³/mol. The minimum Gasteiger partial charge on any atom is -0.481 e. The third-order valence-electron chi connectivity index (χ3n) is 0.462. The number of carbonyl (C=O) groups is 1. The number of hydrogen-bond acceptors (Lipinski definition) is 1. The fraction of sp³-hybridized carbons (Fsp3) is 0.750. The monoisotopic (exact) mass is 103 g/mol. The maximum Gasteiger partial charge on any atom is 0.306 e. The van der Waals surface area contributed by atoms with Crippen LogP contribution in [0, 0.1) is 0 Å². The van der Waals surface area contributed by atoms with Crippen LogP contribution < -0.4 is 0 Å². The molecule has 0 aliphatic carbocycles. The van der Waals surface area contributed by atoms with Gasteiger partial charge in [0.05, 0.1) is 6.42 Å². The fourth-order valence-electron chi connectivity index (χ4n) is 0.246. The van der Waals surface area contributed by atoms with E-state index in [9.17, 15) is 9.90 Å². The highest BCUT2D eigenvalue weighted by atomic mass is 16.4. The maximum atomic E-state index is 9.96. The molecular weight excluding hydrogens is 96.0 g/mol. The third-order valence-corrected chi connectivity index (χ3v) is 0.462. The quantitative estimate of drug-likeness (QED) is 0.545. The Morgan fingerprint density at radius 2 is 2.29 bits per heavy atom. The summed E-state index contributed by atoms with van der Waals surface area (Å²) in [7, 11) is 0. The molecule has 0 fully saturated rings. The average molecular weight is 103 g/mol. The number of rotatable bonds is 2. The second-order valence-corrected chi connectivity index (χ2v) is 1.41. The van der Waals surface area contributed by atoms with E-state index in [0.29, 0.717) is 0 Å². The molecule has 1 unspecified atom stereocenters. The Morgan fingerprint density at radius 1 is 1.86 bits per heavy atom. The molecular formula is C4H7O3. The van der Waals surface area contributed by atoms with Crippen molar-refractivity contribution in [2.24, 2.45) is 0 Å². The molecule has 0 heterocycles. The van der Waals surface area contributed by atoms with Crippen LogP contribution in [-0.4, -0.2) is 17.2 Å². The normalized spacial score (nSPS) is 13.4. The van der Waals surface area contributed by atoms with Crippen molar-refractivity contribution in [2.75, 3.05) is 0 Å². The molecule has 1 atom stereocenters. The molecule has 41 valence electrons. The van der Waals surface area contributed by atoms with Crippen LogP contribution in [0.3, 0.4) is 0 Å². The summed E-state index contributed by atoms with van der Waals surface area (Å²) in [5, 5.41) is 17.8. The Bertz CT molecular complexity index is 67.3. The highest BCUT2D eigenvalue weighted by Gasteiger charge is 2.02. The lowest BCUT2D eigenvalue weighted by Gasteiger charge is -1.90. The highest BCUT2D eigenvalue weighted by molar-refractivity contribution is 5.67. The second-order valence-electron chi connectivity index (χ2n) is 1.41. The zero-order chi connectivity index (χ0) is 5.86. The van der Waals surface area contributed by atoms with Crippen molar-refractivity contribution in [1.29, 1.82) is 0 Å². The lowest BCUT2D eigenvalue weighted by atomic mass is 10.3. The first-order valence-electron chi connectivity index (χ1n) is 2.00. The Hall–Kier alpha value is -0.570. The summed E-state index contributed by atoms with van der Waals surface area (Å²) in [6.07, 6.45) is -1.25. The van der Waals surface area contributed by atoms with Crippen molar-refractivity contribution >= 4 is 5.97 Å². The van der Waals surface area contributed by atoms with E-state index in [0.717, 1.165) is 0 Å². The third kappa shape index (κ3) is 5.43. The van der Waals surface area contributed by atoms with Crippen molar-refractivity contribution < 1.29 is 15.0 Å². The minimum absolute atomic E-state index is 0.278. The van der Waals surface area contributed by atoms with Crippen LogP contribution in [0.15, 0.2) is 0 Å². The molecule has 3 heteroatoms. The molecule has 0 aliphatic rings. The van der Waals surface area contributed by atoms with Gasteiger partial charge in [-0.25, -0.2) is 5.11 Å². The van der Waals surface area contributed by atoms with Gasteiger partial charge < -0.3 is 5.11 Å². The lowest BCUT2D eigenvalue weighted by Crippen LogP contribution is -2.05. The van der Waals surface area contributed by atoms with Gasteiger partial charge in [-0.15, -0.1) is 0 Å². The van der Waals surface area contributed by atoms with Crippen LogP contribution in [0.1, 0.15) is 13.3 Å². The van der Waals surface area contributed by atoms with Crippen molar-refractivity contribution in [2.45, 2.75) is 19.4 Å². The van der Waals surface area contributed by atoms with Gasteiger partial charge in [0.15, 0.2) is 0 Å². The van der Waals surface area contributed by atoms with E-state index in [1.165, 1.54) is 6.92 Å². The molecule has 0 aromatic carbocycles. The van der Waals surface area contributed by atoms with Crippen LogP contribution in [0.25, 0.3) is 0 Å². The van der Waals surface area contributed by atoms with Gasteiger partial charge in [0.25, 0.3) is 0 Å². The van der Waals surface area contributed by atoms with Crippen molar-refractivity contribution in [3.05, 3.63) is 0 Å². The SMILES string of the molecule is CC([O])CC(=O)O. The van der Waals surface area contributed by atoms with Gasteiger partial charge in [-0.05, 0) is 6.92 Å². The number of carboxylic acid groups (broad SMARTS) is 1. The van der Waals surface area contributed by atoms with Gasteiger partial charge in [-0.2, -0.15) is 0 Å². The molecule has 3 nitrogen and oxygen atoms in total. The summed E-state index contributed by atoms with van der Waals surface area (Å²) in [5.41, 5.74) is 0. The number of carboxylic acids is 1. The minimum atomic E-state index is -1.03. The number of hydrogen-bond donors (Lipinski definition) is 1. The van der Waals surface area contributed by atoms with Crippen molar-refractivity contribution in [3.63, 3.8) is 0 Å². The predicted octanol–water partition coefficient (Wildman–Crippen LogP) is 0.280. The first kappa shape index (κ1) is 6.43. The van der Waals surface area contributed by atoms with E-state index in [2.05, 4.69) is 0 Å². The van der Waals surface area contributed by atoms with Gasteiger partial charge in [0.1, 0.15) is 6.10 Å². The van der Waals surface area contributed by atoms with E-state index in [1.807, 2.05) is 0 Å². The smallest absolute Gasteiger partial charge is 0.306 e. The molecule has 0 bridgehead atoms. The van der Waals surface area contributed by atoms with E-state index in [4.69, 9.17) is 5.11 Å².